The molecule has 0 spiro atoms. The van der Waals surface area contributed by atoms with Crippen LogP contribution in [0, 0.1) is 0 Å². The second-order valence-corrected chi connectivity index (χ2v) is 7.44. The predicted octanol–water partition coefficient (Wildman–Crippen LogP) is 4.17. The van der Waals surface area contributed by atoms with Crippen LogP contribution in [0.5, 0.6) is 17.2 Å². The van der Waals surface area contributed by atoms with Crippen LogP contribution in [0.25, 0.3) is 0 Å². The Balaban J connectivity index is 2.08. The van der Waals surface area contributed by atoms with Gasteiger partial charge in [-0.05, 0) is 43.2 Å². The topological polar surface area (TPSA) is 61.8 Å². The molecule has 5 nitrogen and oxygen atoms in total. The van der Waals surface area contributed by atoms with Crippen LogP contribution in [-0.4, -0.2) is 27.4 Å². The first-order valence-corrected chi connectivity index (χ1v) is 10.1. The molecule has 136 valence electrons. The molecular weight excluding hydrogens is 340 g/mol. The average Bonchev–Trinajstić information content (AvgIpc) is 2.56. The molecule has 2 rings (SSSR count). The lowest BCUT2D eigenvalue weighted by Crippen LogP contribution is -2.16. The lowest BCUT2D eigenvalue weighted by Gasteiger charge is -2.18. The van der Waals surface area contributed by atoms with E-state index in [4.69, 9.17) is 13.7 Å². The highest BCUT2D eigenvalue weighted by molar-refractivity contribution is 7.85. The molecule has 0 aromatic heterocycles. The van der Waals surface area contributed by atoms with Crippen LogP contribution >= 0.6 is 0 Å². The van der Waals surface area contributed by atoms with Gasteiger partial charge in [-0.15, -0.1) is 0 Å². The first kappa shape index (κ1) is 19.3. The Morgan fingerprint density at radius 3 is 2.40 bits per heavy atom. The molecule has 2 aromatic carbocycles. The molecule has 0 heterocycles. The predicted molar refractivity (Wildman–Crippen MR) is 97.8 cm³/mol. The second-order valence-electron chi connectivity index (χ2n) is 5.79. The van der Waals surface area contributed by atoms with E-state index >= 15 is 0 Å². The zero-order valence-corrected chi connectivity index (χ0v) is 15.6. The first-order chi connectivity index (χ1) is 11.9. The van der Waals surface area contributed by atoms with Crippen LogP contribution in [0.1, 0.15) is 25.8 Å². The molecule has 1 atom stereocenters. The van der Waals surface area contributed by atoms with Gasteiger partial charge in [0.05, 0.1) is 19.0 Å². The summed E-state index contributed by atoms with van der Waals surface area (Å²) in [6, 6.07) is 15.3. The third-order valence-electron chi connectivity index (χ3n) is 3.54. The monoisotopic (exact) mass is 364 g/mol. The Morgan fingerprint density at radius 2 is 1.76 bits per heavy atom. The van der Waals surface area contributed by atoms with Crippen molar-refractivity contribution in [3.8, 4) is 17.2 Å². The minimum atomic E-state index is -3.43. The maximum Gasteiger partial charge on any atom is 0.264 e. The molecule has 0 bridgehead atoms. The molecule has 0 aliphatic carbocycles. The standard InChI is InChI=1S/C19H24O5S/c1-4-16-10-11-18(23-15(2)12-13-22-25(3,20)21)19(14-16)24-17-8-6-5-7-9-17/h5-11,14-15H,4,12-13H2,1-3H3/t15-/m1/s1. The summed E-state index contributed by atoms with van der Waals surface area (Å²) in [5, 5.41) is 0. The third-order valence-corrected chi connectivity index (χ3v) is 4.13. The summed E-state index contributed by atoms with van der Waals surface area (Å²) in [4.78, 5) is 0. The summed E-state index contributed by atoms with van der Waals surface area (Å²) >= 11 is 0. The summed E-state index contributed by atoms with van der Waals surface area (Å²) in [6.45, 7) is 4.03. The number of hydrogen-bond acceptors (Lipinski definition) is 5. The van der Waals surface area contributed by atoms with Crippen molar-refractivity contribution >= 4 is 10.1 Å². The van der Waals surface area contributed by atoms with Gasteiger partial charge in [-0.25, -0.2) is 0 Å². The fraction of sp³-hybridized carbons (Fsp3) is 0.368. The van der Waals surface area contributed by atoms with Gasteiger partial charge in [0.1, 0.15) is 5.75 Å². The van der Waals surface area contributed by atoms with Gasteiger partial charge in [-0.3, -0.25) is 4.18 Å². The minimum absolute atomic E-state index is 0.0852. The van der Waals surface area contributed by atoms with Crippen molar-refractivity contribution in [2.75, 3.05) is 12.9 Å². The average molecular weight is 364 g/mol. The molecule has 0 fully saturated rings. The quantitative estimate of drug-likeness (QED) is 0.625. The van der Waals surface area contributed by atoms with Gasteiger partial charge in [0.15, 0.2) is 11.5 Å². The minimum Gasteiger partial charge on any atom is -0.487 e. The largest absolute Gasteiger partial charge is 0.487 e. The molecule has 0 unspecified atom stereocenters. The smallest absolute Gasteiger partial charge is 0.264 e. The van der Waals surface area contributed by atoms with Crippen LogP contribution in [0.15, 0.2) is 48.5 Å². The highest BCUT2D eigenvalue weighted by Crippen LogP contribution is 2.33. The maximum atomic E-state index is 11.0. The Bertz CT molecular complexity index is 772. The number of benzene rings is 2. The fourth-order valence-corrected chi connectivity index (χ4v) is 2.61. The van der Waals surface area contributed by atoms with Crippen LogP contribution in [-0.2, 0) is 20.7 Å². The van der Waals surface area contributed by atoms with Gasteiger partial charge in [0.25, 0.3) is 10.1 Å². The fourth-order valence-electron chi connectivity index (χ4n) is 2.21. The van der Waals surface area contributed by atoms with E-state index in [9.17, 15) is 8.42 Å². The molecule has 25 heavy (non-hydrogen) atoms. The van der Waals surface area contributed by atoms with Crippen LogP contribution < -0.4 is 9.47 Å². The zero-order valence-electron chi connectivity index (χ0n) is 14.8. The summed E-state index contributed by atoms with van der Waals surface area (Å²) in [6.07, 6.45) is 2.16. The van der Waals surface area contributed by atoms with E-state index in [2.05, 4.69) is 6.92 Å². The van der Waals surface area contributed by atoms with Crippen molar-refractivity contribution in [1.82, 2.24) is 0 Å². The molecule has 0 saturated carbocycles. The molecule has 0 amide bonds. The third kappa shape index (κ3) is 6.76. The molecule has 0 radical (unpaired) electrons. The molecule has 2 aromatic rings. The summed E-state index contributed by atoms with van der Waals surface area (Å²) in [5.41, 5.74) is 1.14. The number of hydrogen-bond donors (Lipinski definition) is 0. The number of ether oxygens (including phenoxy) is 2. The Hall–Kier alpha value is -2.05. The normalized spacial score (nSPS) is 12.6. The summed E-state index contributed by atoms with van der Waals surface area (Å²) < 4.78 is 38.7. The van der Waals surface area contributed by atoms with Crippen molar-refractivity contribution in [3.05, 3.63) is 54.1 Å². The van der Waals surface area contributed by atoms with Crippen molar-refractivity contribution < 1.29 is 22.1 Å². The van der Waals surface area contributed by atoms with Crippen molar-refractivity contribution in [3.63, 3.8) is 0 Å². The number of aryl methyl sites for hydroxylation is 1. The molecular formula is C19H24O5S. The zero-order chi connectivity index (χ0) is 18.3. The molecule has 0 saturated heterocycles. The van der Waals surface area contributed by atoms with Gasteiger partial charge in [0, 0.05) is 6.42 Å². The highest BCUT2D eigenvalue weighted by atomic mass is 32.2. The van der Waals surface area contributed by atoms with Gasteiger partial charge in [0.2, 0.25) is 0 Å². The summed E-state index contributed by atoms with van der Waals surface area (Å²) in [7, 11) is -3.43. The van der Waals surface area contributed by atoms with Crippen molar-refractivity contribution in [2.24, 2.45) is 0 Å². The van der Waals surface area contributed by atoms with Crippen LogP contribution in [0.3, 0.4) is 0 Å². The van der Waals surface area contributed by atoms with E-state index in [0.29, 0.717) is 17.9 Å². The van der Waals surface area contributed by atoms with Gasteiger partial charge >= 0.3 is 0 Å². The molecule has 6 heteroatoms. The van der Waals surface area contributed by atoms with Crippen molar-refractivity contribution in [2.45, 2.75) is 32.8 Å². The van der Waals surface area contributed by atoms with E-state index in [1.54, 1.807) is 0 Å². The second kappa shape index (κ2) is 8.87. The lowest BCUT2D eigenvalue weighted by molar-refractivity contribution is 0.175. The van der Waals surface area contributed by atoms with Crippen LogP contribution in [0.4, 0.5) is 0 Å². The summed E-state index contributed by atoms with van der Waals surface area (Å²) in [5.74, 6) is 1.99. The van der Waals surface area contributed by atoms with Gasteiger partial charge in [-0.1, -0.05) is 31.2 Å². The Labute approximate surface area is 149 Å². The van der Waals surface area contributed by atoms with Gasteiger partial charge < -0.3 is 9.47 Å². The van der Waals surface area contributed by atoms with Crippen LogP contribution in [0.2, 0.25) is 0 Å². The van der Waals surface area contributed by atoms with E-state index in [0.717, 1.165) is 24.0 Å². The molecule has 0 N–H and O–H groups in total. The first-order valence-electron chi connectivity index (χ1n) is 8.24. The van der Waals surface area contributed by atoms with E-state index in [-0.39, 0.29) is 12.7 Å². The molecule has 0 aliphatic rings. The van der Waals surface area contributed by atoms with E-state index < -0.39 is 10.1 Å². The van der Waals surface area contributed by atoms with E-state index in [1.807, 2.05) is 55.5 Å². The number of para-hydroxylation sites is 1. The Kier molecular flexibility index (Phi) is 6.84. The highest BCUT2D eigenvalue weighted by Gasteiger charge is 2.12. The molecule has 0 aliphatic heterocycles. The Morgan fingerprint density at radius 1 is 1.04 bits per heavy atom. The lowest BCUT2D eigenvalue weighted by atomic mass is 10.1. The van der Waals surface area contributed by atoms with Crippen molar-refractivity contribution in [1.29, 1.82) is 0 Å². The SMILES string of the molecule is CCc1ccc(O[C@H](C)CCOS(C)(=O)=O)c(Oc2ccccc2)c1. The maximum absolute atomic E-state index is 11.0. The van der Waals surface area contributed by atoms with E-state index in [1.165, 1.54) is 0 Å². The van der Waals surface area contributed by atoms with Gasteiger partial charge in [-0.2, -0.15) is 8.42 Å². The number of rotatable bonds is 9.